The Morgan fingerprint density at radius 2 is 2.22 bits per heavy atom. The maximum atomic E-state index is 5.74. The van der Waals surface area contributed by atoms with Crippen molar-refractivity contribution in [2.75, 3.05) is 32.0 Å². The van der Waals surface area contributed by atoms with Gasteiger partial charge in [0.2, 0.25) is 0 Å². The van der Waals surface area contributed by atoms with Crippen molar-refractivity contribution in [3.63, 3.8) is 0 Å². The molecule has 2 N–H and O–H groups in total. The van der Waals surface area contributed by atoms with Gasteiger partial charge in [-0.15, -0.1) is 0 Å². The average Bonchev–Trinajstić information content (AvgIpc) is 2.28. The molecule has 0 saturated carbocycles. The van der Waals surface area contributed by atoms with Crippen molar-refractivity contribution in [1.82, 2.24) is 4.90 Å². The van der Waals surface area contributed by atoms with Crippen LogP contribution in [-0.4, -0.2) is 31.1 Å². The molecule has 0 aliphatic carbocycles. The van der Waals surface area contributed by atoms with Crippen molar-refractivity contribution >= 4 is 5.69 Å². The maximum absolute atomic E-state index is 5.74. The van der Waals surface area contributed by atoms with Crippen LogP contribution in [0.15, 0.2) is 24.3 Å². The molecule has 3 heteroatoms. The molecule has 3 nitrogen and oxygen atoms in total. The lowest BCUT2D eigenvalue weighted by Gasteiger charge is -2.37. The van der Waals surface area contributed by atoms with Crippen molar-refractivity contribution in [2.45, 2.75) is 26.7 Å². The summed E-state index contributed by atoms with van der Waals surface area (Å²) in [5.74, 6) is 0.867. The van der Waals surface area contributed by atoms with Gasteiger partial charge in [0.25, 0.3) is 0 Å². The lowest BCUT2D eigenvalue weighted by molar-refractivity contribution is 0.102. The first-order valence-corrected chi connectivity index (χ1v) is 6.76. The number of nitrogen functional groups attached to an aromatic ring is 1. The number of hydrogen-bond acceptors (Lipinski definition) is 3. The summed E-state index contributed by atoms with van der Waals surface area (Å²) in [7, 11) is 0. The second-order valence-corrected chi connectivity index (χ2v) is 5.96. The summed E-state index contributed by atoms with van der Waals surface area (Å²) in [4.78, 5) is 2.50. The number of nitrogens with zero attached hydrogens (tertiary/aromatic N) is 1. The zero-order valence-corrected chi connectivity index (χ0v) is 11.5. The van der Waals surface area contributed by atoms with Gasteiger partial charge in [-0.05, 0) is 36.9 Å². The number of piperidine rings is 1. The van der Waals surface area contributed by atoms with Crippen LogP contribution in [-0.2, 0) is 0 Å². The van der Waals surface area contributed by atoms with E-state index < -0.39 is 0 Å². The van der Waals surface area contributed by atoms with Crippen molar-refractivity contribution in [3.05, 3.63) is 24.3 Å². The van der Waals surface area contributed by atoms with Gasteiger partial charge in [-0.2, -0.15) is 0 Å². The van der Waals surface area contributed by atoms with E-state index in [0.717, 1.165) is 24.6 Å². The van der Waals surface area contributed by atoms with Gasteiger partial charge in [-0.1, -0.05) is 19.9 Å². The van der Waals surface area contributed by atoms with E-state index in [1.165, 1.54) is 25.9 Å². The first-order chi connectivity index (χ1) is 8.55. The van der Waals surface area contributed by atoms with Gasteiger partial charge in [-0.3, -0.25) is 4.90 Å². The molecule has 0 aromatic heterocycles. The van der Waals surface area contributed by atoms with E-state index in [4.69, 9.17) is 10.5 Å². The fraction of sp³-hybridized carbons (Fsp3) is 0.600. The molecule has 100 valence electrons. The molecule has 0 spiro atoms. The van der Waals surface area contributed by atoms with E-state index in [1.54, 1.807) is 0 Å². The number of rotatable bonds is 4. The Morgan fingerprint density at radius 1 is 1.39 bits per heavy atom. The molecule has 0 unspecified atom stereocenters. The Hall–Kier alpha value is -1.22. The summed E-state index contributed by atoms with van der Waals surface area (Å²) in [6.45, 7) is 8.80. The molecule has 0 atom stereocenters. The second-order valence-electron chi connectivity index (χ2n) is 5.96. The Morgan fingerprint density at radius 3 is 2.94 bits per heavy atom. The van der Waals surface area contributed by atoms with Crippen LogP contribution < -0.4 is 10.5 Å². The third-order valence-electron chi connectivity index (χ3n) is 3.51. The van der Waals surface area contributed by atoms with Crippen LogP contribution in [0.1, 0.15) is 26.7 Å². The summed E-state index contributed by atoms with van der Waals surface area (Å²) in [6.07, 6.45) is 2.63. The first kappa shape index (κ1) is 13.2. The van der Waals surface area contributed by atoms with Gasteiger partial charge < -0.3 is 10.5 Å². The monoisotopic (exact) mass is 248 g/mol. The van der Waals surface area contributed by atoms with Crippen molar-refractivity contribution in [3.8, 4) is 5.75 Å². The molecule has 1 aliphatic rings. The highest BCUT2D eigenvalue weighted by Gasteiger charge is 2.25. The van der Waals surface area contributed by atoms with E-state index in [0.29, 0.717) is 5.41 Å². The normalized spacial score (nSPS) is 19.7. The average molecular weight is 248 g/mol. The molecule has 18 heavy (non-hydrogen) atoms. The molecule has 0 bridgehead atoms. The van der Waals surface area contributed by atoms with Crippen molar-refractivity contribution in [1.29, 1.82) is 0 Å². The van der Waals surface area contributed by atoms with E-state index in [9.17, 15) is 0 Å². The predicted molar refractivity (Wildman–Crippen MR) is 75.8 cm³/mol. The molecule has 1 saturated heterocycles. The summed E-state index contributed by atoms with van der Waals surface area (Å²) in [5.41, 5.74) is 6.93. The molecule has 0 radical (unpaired) electrons. The molecule has 1 aromatic carbocycles. The highest BCUT2D eigenvalue weighted by Crippen LogP contribution is 2.28. The highest BCUT2D eigenvalue weighted by molar-refractivity contribution is 5.43. The second kappa shape index (κ2) is 5.61. The van der Waals surface area contributed by atoms with Gasteiger partial charge in [0.1, 0.15) is 12.4 Å². The Bertz CT molecular complexity index is 390. The molecule has 1 aromatic rings. The fourth-order valence-electron chi connectivity index (χ4n) is 2.63. The quantitative estimate of drug-likeness (QED) is 0.833. The van der Waals surface area contributed by atoms with Crippen LogP contribution in [0.2, 0.25) is 0 Å². The minimum absolute atomic E-state index is 0.454. The minimum Gasteiger partial charge on any atom is -0.492 e. The fourth-order valence-corrected chi connectivity index (χ4v) is 2.63. The largest absolute Gasteiger partial charge is 0.492 e. The van der Waals surface area contributed by atoms with Gasteiger partial charge >= 0.3 is 0 Å². The van der Waals surface area contributed by atoms with Crippen LogP contribution >= 0.6 is 0 Å². The number of hydrogen-bond donors (Lipinski definition) is 1. The molecule has 1 heterocycles. The first-order valence-electron chi connectivity index (χ1n) is 6.76. The third-order valence-corrected chi connectivity index (χ3v) is 3.51. The van der Waals surface area contributed by atoms with Crippen LogP contribution in [0.5, 0.6) is 5.75 Å². The highest BCUT2D eigenvalue weighted by atomic mass is 16.5. The van der Waals surface area contributed by atoms with Crippen LogP contribution in [0.4, 0.5) is 5.69 Å². The lowest BCUT2D eigenvalue weighted by Crippen LogP contribution is -2.41. The van der Waals surface area contributed by atoms with Crippen LogP contribution in [0.3, 0.4) is 0 Å². The smallest absolute Gasteiger partial charge is 0.121 e. The summed E-state index contributed by atoms with van der Waals surface area (Å²) in [6, 6.07) is 7.63. The standard InChI is InChI=1S/C15H24N2O/c1-15(2)7-4-8-17(12-15)9-10-18-14-6-3-5-13(16)11-14/h3,5-6,11H,4,7-10,12,16H2,1-2H3. The molecule has 1 aliphatic heterocycles. The summed E-state index contributed by atoms with van der Waals surface area (Å²) >= 11 is 0. The SMILES string of the molecule is CC1(C)CCCN(CCOc2cccc(N)c2)C1. The number of anilines is 1. The van der Waals surface area contributed by atoms with Crippen molar-refractivity contribution < 1.29 is 4.74 Å². The Kier molecular flexibility index (Phi) is 4.12. The number of benzene rings is 1. The zero-order valence-electron chi connectivity index (χ0n) is 11.5. The van der Waals surface area contributed by atoms with E-state index >= 15 is 0 Å². The van der Waals surface area contributed by atoms with Gasteiger partial charge in [0.05, 0.1) is 0 Å². The molecular weight excluding hydrogens is 224 g/mol. The minimum atomic E-state index is 0.454. The topological polar surface area (TPSA) is 38.5 Å². The van der Waals surface area contributed by atoms with Crippen LogP contribution in [0.25, 0.3) is 0 Å². The zero-order chi connectivity index (χ0) is 13.0. The number of likely N-dealkylation sites (tertiary alicyclic amines) is 1. The summed E-state index contributed by atoms with van der Waals surface area (Å²) < 4.78 is 5.74. The number of ether oxygens (including phenoxy) is 1. The van der Waals surface area contributed by atoms with Crippen molar-refractivity contribution in [2.24, 2.45) is 5.41 Å². The summed E-state index contributed by atoms with van der Waals surface area (Å²) in [5, 5.41) is 0. The Balaban J connectivity index is 1.75. The van der Waals surface area contributed by atoms with E-state index in [-0.39, 0.29) is 0 Å². The lowest BCUT2D eigenvalue weighted by atomic mass is 9.84. The molecule has 2 rings (SSSR count). The number of nitrogens with two attached hydrogens (primary N) is 1. The van der Waals surface area contributed by atoms with E-state index in [1.807, 2.05) is 24.3 Å². The van der Waals surface area contributed by atoms with Gasteiger partial charge in [-0.25, -0.2) is 0 Å². The van der Waals surface area contributed by atoms with Gasteiger partial charge in [0, 0.05) is 24.8 Å². The maximum Gasteiger partial charge on any atom is 0.121 e. The molecular formula is C15H24N2O. The predicted octanol–water partition coefficient (Wildman–Crippen LogP) is 2.77. The Labute approximate surface area is 110 Å². The van der Waals surface area contributed by atoms with E-state index in [2.05, 4.69) is 18.7 Å². The third kappa shape index (κ3) is 3.91. The van der Waals surface area contributed by atoms with Gasteiger partial charge in [0.15, 0.2) is 0 Å². The molecule has 1 fully saturated rings. The van der Waals surface area contributed by atoms with Crippen LogP contribution in [0, 0.1) is 5.41 Å². The molecule has 0 amide bonds.